The molecule has 0 aromatic heterocycles. The van der Waals surface area contributed by atoms with Crippen molar-refractivity contribution in [1.82, 2.24) is 15.5 Å². The van der Waals surface area contributed by atoms with Crippen molar-refractivity contribution in [1.29, 1.82) is 0 Å². The van der Waals surface area contributed by atoms with Crippen LogP contribution in [0.4, 0.5) is 0 Å². The van der Waals surface area contributed by atoms with Gasteiger partial charge < -0.3 is 15.5 Å². The van der Waals surface area contributed by atoms with Gasteiger partial charge >= 0.3 is 0 Å². The average molecular weight is 298 g/mol. The van der Waals surface area contributed by atoms with E-state index in [2.05, 4.69) is 62.9 Å². The van der Waals surface area contributed by atoms with Crippen LogP contribution in [-0.4, -0.2) is 24.7 Å². The first kappa shape index (κ1) is 12.7. The highest BCUT2D eigenvalue weighted by Gasteiger charge is 2.26. The van der Waals surface area contributed by atoms with Gasteiger partial charge in [-0.05, 0) is 38.6 Å². The van der Waals surface area contributed by atoms with Crippen LogP contribution in [0.2, 0.25) is 0 Å². The number of nitrogens with zero attached hydrogens (tertiary/aromatic N) is 1. The van der Waals surface area contributed by atoms with Crippen molar-refractivity contribution in [3.8, 4) is 0 Å². The van der Waals surface area contributed by atoms with Gasteiger partial charge in [0.05, 0.1) is 0 Å². The monoisotopic (exact) mass is 297 g/mol. The topological polar surface area (TPSA) is 27.3 Å². The molecule has 0 aromatic rings. The van der Waals surface area contributed by atoms with E-state index in [1.807, 2.05) is 7.05 Å². The molecule has 4 heteroatoms. The second-order valence-corrected chi connectivity index (χ2v) is 5.40. The number of halogens is 1. The molecule has 3 nitrogen and oxygen atoms in total. The third kappa shape index (κ3) is 2.93. The smallest absolute Gasteiger partial charge is 0.123 e. The highest BCUT2D eigenvalue weighted by atomic mass is 79.9. The predicted molar refractivity (Wildman–Crippen MR) is 75.3 cm³/mol. The normalized spacial score (nSPS) is 23.9. The van der Waals surface area contributed by atoms with Gasteiger partial charge in [0.1, 0.15) is 6.17 Å². The zero-order valence-corrected chi connectivity index (χ0v) is 12.0. The van der Waals surface area contributed by atoms with Crippen molar-refractivity contribution in [2.24, 2.45) is 5.92 Å². The van der Waals surface area contributed by atoms with Gasteiger partial charge in [-0.3, -0.25) is 0 Å². The molecule has 0 amide bonds. The van der Waals surface area contributed by atoms with Crippen molar-refractivity contribution < 1.29 is 0 Å². The number of nitrogens with one attached hydrogen (secondary N) is 2. The molecular formula is C13H20BrN3. The van der Waals surface area contributed by atoms with Gasteiger partial charge in [-0.25, -0.2) is 0 Å². The van der Waals surface area contributed by atoms with Crippen LogP contribution >= 0.6 is 15.9 Å². The van der Waals surface area contributed by atoms with E-state index in [9.17, 15) is 0 Å². The van der Waals surface area contributed by atoms with Crippen LogP contribution in [0, 0.1) is 5.92 Å². The Hall–Kier alpha value is -0.740. The van der Waals surface area contributed by atoms with E-state index in [1.54, 1.807) is 0 Å². The first-order valence-electron chi connectivity index (χ1n) is 6.20. The molecule has 2 rings (SSSR count). The number of hydrogen-bond donors (Lipinski definition) is 2. The molecular weight excluding hydrogens is 278 g/mol. The van der Waals surface area contributed by atoms with Crippen LogP contribution in [0.1, 0.15) is 19.8 Å². The largest absolute Gasteiger partial charge is 0.364 e. The Morgan fingerprint density at radius 1 is 1.59 bits per heavy atom. The number of hydrogen-bond acceptors (Lipinski definition) is 3. The van der Waals surface area contributed by atoms with E-state index < -0.39 is 0 Å². The van der Waals surface area contributed by atoms with Crippen LogP contribution in [0.15, 0.2) is 34.7 Å². The Bertz CT molecular complexity index is 360. The van der Waals surface area contributed by atoms with Gasteiger partial charge in [-0.1, -0.05) is 22.9 Å². The zero-order valence-electron chi connectivity index (χ0n) is 10.4. The maximum absolute atomic E-state index is 3.58. The lowest BCUT2D eigenvalue weighted by molar-refractivity contribution is 0.413. The van der Waals surface area contributed by atoms with Crippen molar-refractivity contribution in [2.45, 2.75) is 25.9 Å². The molecule has 0 bridgehead atoms. The number of allylic oxidation sites excluding steroid dienone is 3. The summed E-state index contributed by atoms with van der Waals surface area (Å²) < 4.78 is 1.14. The summed E-state index contributed by atoms with van der Waals surface area (Å²) in [6.07, 6.45) is 11.3. The molecule has 94 valence electrons. The Balaban J connectivity index is 2.01. The minimum atomic E-state index is 0.285. The molecule has 0 aromatic carbocycles. The van der Waals surface area contributed by atoms with Crippen LogP contribution < -0.4 is 10.6 Å². The first-order chi connectivity index (χ1) is 8.24. The van der Waals surface area contributed by atoms with E-state index >= 15 is 0 Å². The lowest BCUT2D eigenvalue weighted by atomic mass is 9.99. The fourth-order valence-corrected chi connectivity index (χ4v) is 2.64. The van der Waals surface area contributed by atoms with Crippen molar-refractivity contribution in [3.05, 3.63) is 34.7 Å². The molecule has 0 spiro atoms. The highest BCUT2D eigenvalue weighted by molar-refractivity contribution is 9.11. The lowest BCUT2D eigenvalue weighted by Gasteiger charge is -2.23. The Morgan fingerprint density at radius 3 is 3.12 bits per heavy atom. The maximum Gasteiger partial charge on any atom is 0.123 e. The van der Waals surface area contributed by atoms with Gasteiger partial charge in [0.25, 0.3) is 0 Å². The lowest BCUT2D eigenvalue weighted by Crippen LogP contribution is -2.33. The molecule has 0 aliphatic carbocycles. The van der Waals surface area contributed by atoms with Crippen LogP contribution in [0.3, 0.4) is 0 Å². The third-order valence-electron chi connectivity index (χ3n) is 3.32. The summed E-state index contributed by atoms with van der Waals surface area (Å²) in [4.78, 5) is 2.22. The second-order valence-electron chi connectivity index (χ2n) is 4.49. The van der Waals surface area contributed by atoms with Crippen LogP contribution in [0.25, 0.3) is 0 Å². The summed E-state index contributed by atoms with van der Waals surface area (Å²) in [5.74, 6) is 0.619. The van der Waals surface area contributed by atoms with Gasteiger partial charge in [0.15, 0.2) is 0 Å². The zero-order chi connectivity index (χ0) is 12.3. The molecule has 2 atom stereocenters. The Kier molecular flexibility index (Phi) is 4.29. The van der Waals surface area contributed by atoms with Crippen LogP contribution in [-0.2, 0) is 0 Å². The first-order valence-corrected chi connectivity index (χ1v) is 6.99. The molecule has 17 heavy (non-hydrogen) atoms. The fraction of sp³-hybridized carbons (Fsp3) is 0.538. The number of fused-ring (bicyclic) bond motifs is 1. The van der Waals surface area contributed by atoms with E-state index in [0.29, 0.717) is 5.92 Å². The van der Waals surface area contributed by atoms with Gasteiger partial charge in [0.2, 0.25) is 0 Å². The maximum atomic E-state index is 3.58. The van der Waals surface area contributed by atoms with Gasteiger partial charge in [0, 0.05) is 28.5 Å². The minimum absolute atomic E-state index is 0.285. The molecule has 2 heterocycles. The number of rotatable bonds is 5. The predicted octanol–water partition coefficient (Wildman–Crippen LogP) is 2.50. The third-order valence-corrected chi connectivity index (χ3v) is 3.85. The fourth-order valence-electron chi connectivity index (χ4n) is 2.27. The Labute approximate surface area is 112 Å². The minimum Gasteiger partial charge on any atom is -0.364 e. The van der Waals surface area contributed by atoms with E-state index in [0.717, 1.165) is 11.0 Å². The summed E-state index contributed by atoms with van der Waals surface area (Å²) in [7, 11) is 2.01. The highest BCUT2D eigenvalue weighted by Crippen LogP contribution is 2.27. The molecule has 2 aliphatic rings. The molecule has 2 unspecified atom stereocenters. The standard InChI is InChI=1S/C13H20BrN3/c1-3-10(4-6-15-2)12-9-17-7-5-11(14)8-13(17)16-12/h5,7-10,13,15-16H,3-4,6H2,1-2H3. The van der Waals surface area contributed by atoms with Gasteiger partial charge in [-0.15, -0.1) is 0 Å². The van der Waals surface area contributed by atoms with Crippen molar-refractivity contribution in [2.75, 3.05) is 13.6 Å². The quantitative estimate of drug-likeness (QED) is 0.816. The summed E-state index contributed by atoms with van der Waals surface area (Å²) in [6, 6.07) is 0. The summed E-state index contributed by atoms with van der Waals surface area (Å²) >= 11 is 3.52. The SMILES string of the molecule is CCC(CCNC)C1=CN2C=CC(Br)=CC2N1. The molecule has 0 fully saturated rings. The molecule has 0 radical (unpaired) electrons. The van der Waals surface area contributed by atoms with E-state index in [1.165, 1.54) is 18.5 Å². The van der Waals surface area contributed by atoms with Crippen molar-refractivity contribution in [3.63, 3.8) is 0 Å². The van der Waals surface area contributed by atoms with Gasteiger partial charge in [-0.2, -0.15) is 0 Å². The summed E-state index contributed by atoms with van der Waals surface area (Å²) in [6.45, 7) is 3.32. The van der Waals surface area contributed by atoms with E-state index in [-0.39, 0.29) is 6.17 Å². The molecule has 0 saturated heterocycles. The average Bonchev–Trinajstić information content (AvgIpc) is 2.72. The van der Waals surface area contributed by atoms with Crippen LogP contribution in [0.5, 0.6) is 0 Å². The van der Waals surface area contributed by atoms with Crippen molar-refractivity contribution >= 4 is 15.9 Å². The second kappa shape index (κ2) is 5.74. The molecule has 0 saturated carbocycles. The summed E-state index contributed by atoms with van der Waals surface area (Å²) in [5, 5.41) is 6.81. The summed E-state index contributed by atoms with van der Waals surface area (Å²) in [5.41, 5.74) is 1.36. The Morgan fingerprint density at radius 2 is 2.41 bits per heavy atom. The molecule has 2 N–H and O–H groups in total. The molecule has 2 aliphatic heterocycles. The van der Waals surface area contributed by atoms with E-state index in [4.69, 9.17) is 0 Å².